The molecule has 3 aromatic rings. The monoisotopic (exact) mass is 331 g/mol. The quantitative estimate of drug-likeness (QED) is 0.723. The van der Waals surface area contributed by atoms with Gasteiger partial charge in [-0.1, -0.05) is 17.7 Å². The maximum atomic E-state index is 14.0. The number of fused-ring (bicyclic) bond motifs is 3. The van der Waals surface area contributed by atoms with E-state index in [4.69, 9.17) is 11.6 Å². The molecule has 0 N–H and O–H groups in total. The normalized spacial score (nSPS) is 14.2. The minimum atomic E-state index is -0.403. The van der Waals surface area contributed by atoms with Crippen molar-refractivity contribution in [1.29, 1.82) is 0 Å². The molecule has 0 amide bonds. The van der Waals surface area contributed by atoms with Crippen LogP contribution >= 0.6 is 11.6 Å². The van der Waals surface area contributed by atoms with Crippen LogP contribution in [-0.2, 0) is 19.4 Å². The molecule has 0 unspecified atom stereocenters. The summed E-state index contributed by atoms with van der Waals surface area (Å²) in [5.74, 6) is -0.403. The summed E-state index contributed by atoms with van der Waals surface area (Å²) in [6, 6.07) is 4.54. The molecule has 0 radical (unpaired) electrons. The number of hydrogen-bond donors (Lipinski definition) is 0. The molecule has 2 heterocycles. The summed E-state index contributed by atoms with van der Waals surface area (Å²) in [6.45, 7) is 0.112. The molecule has 4 nitrogen and oxygen atoms in total. The SMILES string of the molecule is O=c1c2c3c(nn2ccn1Cc1c(F)cccc1Cl)CCCC3. The van der Waals surface area contributed by atoms with Crippen molar-refractivity contribution < 1.29 is 4.39 Å². The smallest absolute Gasteiger partial charge is 0.277 e. The van der Waals surface area contributed by atoms with Gasteiger partial charge in [0.1, 0.15) is 11.3 Å². The summed E-state index contributed by atoms with van der Waals surface area (Å²) in [6.07, 6.45) is 7.35. The molecule has 0 bridgehead atoms. The first kappa shape index (κ1) is 14.5. The Labute approximate surface area is 137 Å². The standard InChI is InChI=1S/C17H15ClFN3O/c18-13-5-3-6-14(19)12(13)10-21-8-9-22-16(17(21)23)11-4-1-2-7-15(11)20-22/h3,5-6,8-9H,1-2,4,7,10H2. The molecule has 2 aromatic heterocycles. The van der Waals surface area contributed by atoms with Crippen LogP contribution in [0.2, 0.25) is 5.02 Å². The van der Waals surface area contributed by atoms with E-state index < -0.39 is 5.82 Å². The van der Waals surface area contributed by atoms with Gasteiger partial charge in [-0.15, -0.1) is 0 Å². The number of rotatable bonds is 2. The zero-order chi connectivity index (χ0) is 16.0. The van der Waals surface area contributed by atoms with Crippen LogP contribution in [0.15, 0.2) is 35.4 Å². The molecule has 0 spiro atoms. The van der Waals surface area contributed by atoms with Crippen LogP contribution in [-0.4, -0.2) is 14.2 Å². The van der Waals surface area contributed by atoms with E-state index in [1.54, 1.807) is 29.0 Å². The fourth-order valence-corrected chi connectivity index (χ4v) is 3.46. The Bertz CT molecular complexity index is 940. The van der Waals surface area contributed by atoms with Crippen molar-refractivity contribution in [3.63, 3.8) is 0 Å². The van der Waals surface area contributed by atoms with Crippen molar-refractivity contribution in [2.24, 2.45) is 0 Å². The fraction of sp³-hybridized carbons (Fsp3) is 0.294. The Morgan fingerprint density at radius 2 is 2.04 bits per heavy atom. The Balaban J connectivity index is 1.85. The zero-order valence-corrected chi connectivity index (χ0v) is 13.2. The average molecular weight is 332 g/mol. The van der Waals surface area contributed by atoms with Crippen molar-refractivity contribution in [3.05, 3.63) is 68.6 Å². The third-order valence-corrected chi connectivity index (χ3v) is 4.78. The van der Waals surface area contributed by atoms with Crippen LogP contribution in [0.25, 0.3) is 5.52 Å². The molecule has 1 aliphatic rings. The topological polar surface area (TPSA) is 39.3 Å². The van der Waals surface area contributed by atoms with Crippen LogP contribution in [0, 0.1) is 5.82 Å². The highest BCUT2D eigenvalue weighted by Crippen LogP contribution is 2.23. The highest BCUT2D eigenvalue weighted by atomic mass is 35.5. The van der Waals surface area contributed by atoms with Gasteiger partial charge >= 0.3 is 0 Å². The second-order valence-electron chi connectivity index (χ2n) is 5.86. The van der Waals surface area contributed by atoms with Gasteiger partial charge in [-0.05, 0) is 37.8 Å². The molecular formula is C17H15ClFN3O. The first-order valence-corrected chi connectivity index (χ1v) is 8.05. The first-order chi connectivity index (χ1) is 11.1. The van der Waals surface area contributed by atoms with Crippen LogP contribution in [0.5, 0.6) is 0 Å². The molecule has 0 saturated carbocycles. The lowest BCUT2D eigenvalue weighted by atomic mass is 9.97. The molecule has 6 heteroatoms. The van der Waals surface area contributed by atoms with E-state index in [0.717, 1.165) is 36.9 Å². The first-order valence-electron chi connectivity index (χ1n) is 7.67. The molecule has 23 heavy (non-hydrogen) atoms. The Hall–Kier alpha value is -2.14. The van der Waals surface area contributed by atoms with E-state index in [1.165, 1.54) is 10.6 Å². The molecular weight excluding hydrogens is 317 g/mol. The molecule has 0 aliphatic heterocycles. The summed E-state index contributed by atoms with van der Waals surface area (Å²) in [5, 5.41) is 4.83. The van der Waals surface area contributed by atoms with Gasteiger partial charge in [0.05, 0.1) is 12.2 Å². The predicted molar refractivity (Wildman–Crippen MR) is 86.6 cm³/mol. The van der Waals surface area contributed by atoms with E-state index in [0.29, 0.717) is 16.1 Å². The number of halogens is 2. The lowest BCUT2D eigenvalue weighted by Gasteiger charge is -2.10. The van der Waals surface area contributed by atoms with Gasteiger partial charge in [-0.25, -0.2) is 8.91 Å². The van der Waals surface area contributed by atoms with Gasteiger partial charge in [0.25, 0.3) is 5.56 Å². The van der Waals surface area contributed by atoms with E-state index in [1.807, 2.05) is 0 Å². The maximum Gasteiger partial charge on any atom is 0.277 e. The average Bonchev–Trinajstić information content (AvgIpc) is 2.92. The van der Waals surface area contributed by atoms with Crippen LogP contribution in [0.4, 0.5) is 4.39 Å². The summed E-state index contributed by atoms with van der Waals surface area (Å²) < 4.78 is 17.1. The van der Waals surface area contributed by atoms with Crippen molar-refractivity contribution in [3.8, 4) is 0 Å². The van der Waals surface area contributed by atoms with Crippen molar-refractivity contribution in [1.82, 2.24) is 14.2 Å². The summed E-state index contributed by atoms with van der Waals surface area (Å²) in [7, 11) is 0. The summed E-state index contributed by atoms with van der Waals surface area (Å²) >= 11 is 6.07. The predicted octanol–water partition coefficient (Wildman–Crippen LogP) is 3.22. The molecule has 0 fully saturated rings. The Morgan fingerprint density at radius 1 is 1.22 bits per heavy atom. The molecule has 4 rings (SSSR count). The largest absolute Gasteiger partial charge is 0.308 e. The number of aryl methyl sites for hydroxylation is 2. The zero-order valence-electron chi connectivity index (χ0n) is 12.4. The maximum absolute atomic E-state index is 14.0. The fourth-order valence-electron chi connectivity index (χ4n) is 3.23. The second-order valence-corrected chi connectivity index (χ2v) is 6.26. The summed E-state index contributed by atoms with van der Waals surface area (Å²) in [5.41, 5.74) is 2.83. The van der Waals surface area contributed by atoms with Crippen molar-refractivity contribution in [2.45, 2.75) is 32.2 Å². The number of aromatic nitrogens is 3. The molecule has 0 atom stereocenters. The Morgan fingerprint density at radius 3 is 2.87 bits per heavy atom. The van der Waals surface area contributed by atoms with Gasteiger partial charge in [-0.3, -0.25) is 4.79 Å². The van der Waals surface area contributed by atoms with E-state index in [-0.39, 0.29) is 12.1 Å². The highest BCUT2D eigenvalue weighted by molar-refractivity contribution is 6.31. The highest BCUT2D eigenvalue weighted by Gasteiger charge is 2.20. The summed E-state index contributed by atoms with van der Waals surface area (Å²) in [4.78, 5) is 12.8. The van der Waals surface area contributed by atoms with Gasteiger partial charge < -0.3 is 4.57 Å². The van der Waals surface area contributed by atoms with Gasteiger partial charge in [0.2, 0.25) is 0 Å². The number of nitrogens with zero attached hydrogens (tertiary/aromatic N) is 3. The van der Waals surface area contributed by atoms with Gasteiger partial charge in [0, 0.05) is 28.5 Å². The lowest BCUT2D eigenvalue weighted by Crippen LogP contribution is -2.23. The minimum absolute atomic E-state index is 0.112. The van der Waals surface area contributed by atoms with Crippen molar-refractivity contribution >= 4 is 17.1 Å². The van der Waals surface area contributed by atoms with E-state index >= 15 is 0 Å². The van der Waals surface area contributed by atoms with Crippen LogP contribution in [0.1, 0.15) is 29.7 Å². The number of hydrogen-bond acceptors (Lipinski definition) is 2. The molecule has 1 aliphatic carbocycles. The van der Waals surface area contributed by atoms with E-state index in [2.05, 4.69) is 5.10 Å². The molecule has 0 saturated heterocycles. The second kappa shape index (κ2) is 5.49. The van der Waals surface area contributed by atoms with Gasteiger partial charge in [-0.2, -0.15) is 5.10 Å². The lowest BCUT2D eigenvalue weighted by molar-refractivity contribution is 0.595. The van der Waals surface area contributed by atoms with Crippen LogP contribution in [0.3, 0.4) is 0 Å². The van der Waals surface area contributed by atoms with Crippen molar-refractivity contribution in [2.75, 3.05) is 0 Å². The molecule has 118 valence electrons. The molecule has 1 aromatic carbocycles. The third kappa shape index (κ3) is 2.36. The Kier molecular flexibility index (Phi) is 3.45. The third-order valence-electron chi connectivity index (χ3n) is 4.42. The van der Waals surface area contributed by atoms with Gasteiger partial charge in [0.15, 0.2) is 0 Å². The number of benzene rings is 1. The minimum Gasteiger partial charge on any atom is -0.308 e. The van der Waals surface area contributed by atoms with Crippen LogP contribution < -0.4 is 5.56 Å². The van der Waals surface area contributed by atoms with E-state index in [9.17, 15) is 9.18 Å².